The van der Waals surface area contributed by atoms with Gasteiger partial charge in [0.25, 0.3) is 0 Å². The van der Waals surface area contributed by atoms with Crippen LogP contribution in [-0.2, 0) is 19.1 Å². The Labute approximate surface area is 94.5 Å². The summed E-state index contributed by atoms with van der Waals surface area (Å²) < 4.78 is 10.5. The van der Waals surface area contributed by atoms with Crippen LogP contribution in [0, 0.1) is 11.8 Å². The second-order valence-electron chi connectivity index (χ2n) is 4.87. The van der Waals surface area contributed by atoms with Gasteiger partial charge in [0.1, 0.15) is 6.10 Å². The first-order valence-electron chi connectivity index (χ1n) is 5.51. The van der Waals surface area contributed by atoms with Crippen molar-refractivity contribution in [3.8, 4) is 0 Å². The van der Waals surface area contributed by atoms with E-state index in [1.54, 1.807) is 14.0 Å². The average Bonchev–Trinajstić information content (AvgIpc) is 2.41. The third-order valence-electron chi connectivity index (χ3n) is 3.53. The highest BCUT2D eigenvalue weighted by molar-refractivity contribution is 5.99. The lowest BCUT2D eigenvalue weighted by atomic mass is 9.76. The normalized spacial score (nSPS) is 38.8. The highest BCUT2D eigenvalue weighted by Crippen LogP contribution is 2.43. The third-order valence-corrected chi connectivity index (χ3v) is 3.53. The molecule has 2 rings (SSSR count). The summed E-state index contributed by atoms with van der Waals surface area (Å²) in [5.41, 5.74) is -0.959. The van der Waals surface area contributed by atoms with Crippen molar-refractivity contribution in [3.05, 3.63) is 0 Å². The van der Waals surface area contributed by atoms with E-state index in [0.29, 0.717) is 0 Å². The molecule has 0 unspecified atom stereocenters. The SMILES string of the molecule is CO[C@@H](C(C)C)[C@@]12NC(=O)[C@H](C)[C@@H]1OC2=O. The van der Waals surface area contributed by atoms with E-state index in [1.807, 2.05) is 13.8 Å². The van der Waals surface area contributed by atoms with Gasteiger partial charge in [-0.2, -0.15) is 0 Å². The van der Waals surface area contributed by atoms with Crippen molar-refractivity contribution in [2.24, 2.45) is 11.8 Å². The van der Waals surface area contributed by atoms with E-state index < -0.39 is 5.54 Å². The van der Waals surface area contributed by atoms with E-state index in [9.17, 15) is 9.59 Å². The molecule has 0 aromatic heterocycles. The number of ether oxygens (including phenoxy) is 2. The molecule has 0 saturated carbocycles. The molecule has 1 amide bonds. The highest BCUT2D eigenvalue weighted by atomic mass is 16.6. The molecule has 4 atom stereocenters. The number of hydrogen-bond donors (Lipinski definition) is 1. The van der Waals surface area contributed by atoms with Crippen LogP contribution in [0.5, 0.6) is 0 Å². The Morgan fingerprint density at radius 1 is 1.44 bits per heavy atom. The van der Waals surface area contributed by atoms with E-state index in [1.165, 1.54) is 0 Å². The summed E-state index contributed by atoms with van der Waals surface area (Å²) >= 11 is 0. The van der Waals surface area contributed by atoms with Gasteiger partial charge in [-0.25, -0.2) is 4.79 Å². The van der Waals surface area contributed by atoms with Crippen LogP contribution in [0.2, 0.25) is 0 Å². The second-order valence-corrected chi connectivity index (χ2v) is 4.87. The fraction of sp³-hybridized carbons (Fsp3) is 0.818. The van der Waals surface area contributed by atoms with Crippen molar-refractivity contribution in [1.29, 1.82) is 0 Å². The van der Waals surface area contributed by atoms with Crippen LogP contribution in [-0.4, -0.2) is 36.7 Å². The number of carbonyl (C=O) groups excluding carboxylic acids is 2. The van der Waals surface area contributed by atoms with Crippen LogP contribution in [0.25, 0.3) is 0 Å². The van der Waals surface area contributed by atoms with E-state index in [4.69, 9.17) is 9.47 Å². The van der Waals surface area contributed by atoms with Gasteiger partial charge in [0.2, 0.25) is 11.4 Å². The van der Waals surface area contributed by atoms with Crippen molar-refractivity contribution in [3.63, 3.8) is 0 Å². The Morgan fingerprint density at radius 2 is 2.06 bits per heavy atom. The van der Waals surface area contributed by atoms with Crippen molar-refractivity contribution in [2.75, 3.05) is 7.11 Å². The Kier molecular flexibility index (Phi) is 2.45. The summed E-state index contributed by atoms with van der Waals surface area (Å²) in [4.78, 5) is 23.3. The number of esters is 1. The molecule has 2 heterocycles. The Hall–Kier alpha value is -1.10. The van der Waals surface area contributed by atoms with E-state index in [2.05, 4.69) is 5.32 Å². The monoisotopic (exact) mass is 227 g/mol. The minimum absolute atomic E-state index is 0.131. The molecule has 2 saturated heterocycles. The maximum Gasteiger partial charge on any atom is 0.339 e. The lowest BCUT2D eigenvalue weighted by Gasteiger charge is -2.47. The van der Waals surface area contributed by atoms with Crippen molar-refractivity contribution >= 4 is 11.9 Å². The molecule has 5 heteroatoms. The van der Waals surface area contributed by atoms with E-state index >= 15 is 0 Å². The molecule has 0 aliphatic carbocycles. The lowest BCUT2D eigenvalue weighted by molar-refractivity contribution is -0.209. The molecule has 16 heavy (non-hydrogen) atoms. The molecule has 2 fully saturated rings. The minimum Gasteiger partial charge on any atom is -0.456 e. The molecule has 0 aromatic rings. The van der Waals surface area contributed by atoms with Gasteiger partial charge >= 0.3 is 5.97 Å². The van der Waals surface area contributed by atoms with Gasteiger partial charge in [-0.15, -0.1) is 0 Å². The van der Waals surface area contributed by atoms with Gasteiger partial charge in [-0.05, 0) is 12.8 Å². The standard InChI is InChI=1S/C11H17NO4/c1-5(2)7(15-4)11-8(16-10(11)14)6(3)9(13)12-11/h5-8H,1-4H3,(H,12,13)/t6-,7+,8+,11-/m1/s1. The predicted octanol–water partition coefficient (Wildman–Crippen LogP) is 0.0875. The topological polar surface area (TPSA) is 64.6 Å². The zero-order valence-electron chi connectivity index (χ0n) is 9.94. The molecule has 0 radical (unpaired) electrons. The first-order valence-corrected chi connectivity index (χ1v) is 5.51. The summed E-state index contributed by atoms with van der Waals surface area (Å²) in [6.07, 6.45) is -0.729. The van der Waals surface area contributed by atoms with Gasteiger partial charge in [0, 0.05) is 7.11 Å². The molecule has 2 aliphatic rings. The number of amides is 1. The maximum atomic E-state index is 11.7. The smallest absolute Gasteiger partial charge is 0.339 e. The van der Waals surface area contributed by atoms with Gasteiger partial charge < -0.3 is 14.8 Å². The summed E-state index contributed by atoms with van der Waals surface area (Å²) in [6.45, 7) is 5.68. The number of rotatable bonds is 3. The molecule has 2 aliphatic heterocycles. The van der Waals surface area contributed by atoms with Crippen molar-refractivity contribution in [1.82, 2.24) is 5.32 Å². The van der Waals surface area contributed by atoms with Crippen LogP contribution >= 0.6 is 0 Å². The van der Waals surface area contributed by atoms with E-state index in [0.717, 1.165) is 0 Å². The van der Waals surface area contributed by atoms with Gasteiger partial charge in [0.15, 0.2) is 0 Å². The number of fused-ring (bicyclic) bond motifs is 1. The number of methoxy groups -OCH3 is 1. The quantitative estimate of drug-likeness (QED) is 0.694. The number of carbonyl (C=O) groups is 2. The summed E-state index contributed by atoms with van der Waals surface area (Å²) in [7, 11) is 1.55. The van der Waals surface area contributed by atoms with E-state index in [-0.39, 0.29) is 35.9 Å². The lowest BCUT2D eigenvalue weighted by Crippen LogP contribution is -2.74. The Bertz CT molecular complexity index is 341. The van der Waals surface area contributed by atoms with Crippen LogP contribution in [0.15, 0.2) is 0 Å². The molecule has 90 valence electrons. The van der Waals surface area contributed by atoms with Crippen LogP contribution < -0.4 is 5.32 Å². The van der Waals surface area contributed by atoms with Crippen LogP contribution in [0.4, 0.5) is 0 Å². The van der Waals surface area contributed by atoms with Gasteiger partial charge in [-0.3, -0.25) is 4.79 Å². The number of hydrogen-bond acceptors (Lipinski definition) is 4. The minimum atomic E-state index is -0.959. The fourth-order valence-electron chi connectivity index (χ4n) is 2.77. The Balaban J connectivity index is 2.35. The summed E-state index contributed by atoms with van der Waals surface area (Å²) in [5.74, 6) is -0.686. The van der Waals surface area contributed by atoms with Gasteiger partial charge in [-0.1, -0.05) is 13.8 Å². The number of nitrogens with one attached hydrogen (secondary N) is 1. The highest BCUT2D eigenvalue weighted by Gasteiger charge is 2.71. The predicted molar refractivity (Wildman–Crippen MR) is 55.6 cm³/mol. The zero-order chi connectivity index (χ0) is 12.1. The molecular formula is C11H17NO4. The summed E-state index contributed by atoms with van der Waals surface area (Å²) in [5, 5.41) is 2.76. The first-order chi connectivity index (χ1) is 7.45. The maximum absolute atomic E-state index is 11.7. The molecular weight excluding hydrogens is 210 g/mol. The molecule has 1 N–H and O–H groups in total. The average molecular weight is 227 g/mol. The molecule has 5 nitrogen and oxygen atoms in total. The summed E-state index contributed by atoms with van der Waals surface area (Å²) in [6, 6.07) is 0. The largest absolute Gasteiger partial charge is 0.456 e. The fourth-order valence-corrected chi connectivity index (χ4v) is 2.77. The van der Waals surface area contributed by atoms with Gasteiger partial charge in [0.05, 0.1) is 12.0 Å². The van der Waals surface area contributed by atoms with Crippen LogP contribution in [0.1, 0.15) is 20.8 Å². The van der Waals surface area contributed by atoms with Crippen molar-refractivity contribution in [2.45, 2.75) is 38.5 Å². The first kappa shape index (κ1) is 11.4. The Morgan fingerprint density at radius 3 is 2.44 bits per heavy atom. The molecule has 0 bridgehead atoms. The van der Waals surface area contributed by atoms with Crippen LogP contribution in [0.3, 0.4) is 0 Å². The third kappa shape index (κ3) is 1.15. The zero-order valence-corrected chi connectivity index (χ0v) is 9.94. The second kappa shape index (κ2) is 3.45. The molecule has 0 spiro atoms. The molecule has 0 aromatic carbocycles. The van der Waals surface area contributed by atoms with Crippen molar-refractivity contribution < 1.29 is 19.1 Å².